The predicted octanol–water partition coefficient (Wildman–Crippen LogP) is 4.17. The van der Waals surface area contributed by atoms with Crippen LogP contribution in [0.4, 0.5) is 5.69 Å². The number of amides is 1. The Morgan fingerprint density at radius 2 is 1.50 bits per heavy atom. The molecule has 4 aromatic rings. The Balaban J connectivity index is 1.37. The molecule has 0 spiro atoms. The fraction of sp³-hybridized carbons (Fsp3) is 0.0769. The van der Waals surface area contributed by atoms with E-state index in [0.29, 0.717) is 16.8 Å². The number of Topliss-reactive ketones (excluding diaryl/α,β-unsaturated/α-hetero) is 1. The summed E-state index contributed by atoms with van der Waals surface area (Å²) in [5.41, 5.74) is 2.12. The highest BCUT2D eigenvalue weighted by molar-refractivity contribution is 6.05. The van der Waals surface area contributed by atoms with Crippen molar-refractivity contribution in [1.82, 2.24) is 9.78 Å². The van der Waals surface area contributed by atoms with Gasteiger partial charge in [0.15, 0.2) is 18.1 Å². The van der Waals surface area contributed by atoms with Crippen LogP contribution in [0.5, 0.6) is 5.75 Å². The molecule has 3 aromatic carbocycles. The van der Waals surface area contributed by atoms with Gasteiger partial charge in [-0.25, -0.2) is 9.48 Å². The number of ether oxygens (including phenoxy) is 2. The Labute approximate surface area is 195 Å². The Kier molecular flexibility index (Phi) is 6.78. The van der Waals surface area contributed by atoms with E-state index in [4.69, 9.17) is 9.47 Å². The van der Waals surface area contributed by atoms with Gasteiger partial charge in [-0.3, -0.25) is 9.59 Å². The third-order valence-electron chi connectivity index (χ3n) is 4.95. The summed E-state index contributed by atoms with van der Waals surface area (Å²) in [6.45, 7) is -0.462. The van der Waals surface area contributed by atoms with Gasteiger partial charge in [0.25, 0.3) is 5.91 Å². The van der Waals surface area contributed by atoms with Crippen LogP contribution in [-0.4, -0.2) is 41.2 Å². The van der Waals surface area contributed by atoms with E-state index in [1.54, 1.807) is 54.7 Å². The van der Waals surface area contributed by atoms with E-state index in [-0.39, 0.29) is 17.4 Å². The first-order valence-electron chi connectivity index (χ1n) is 10.4. The summed E-state index contributed by atoms with van der Waals surface area (Å²) in [5.74, 6) is -1.18. The molecule has 0 atom stereocenters. The fourth-order valence-corrected chi connectivity index (χ4v) is 3.18. The van der Waals surface area contributed by atoms with Gasteiger partial charge in [0, 0.05) is 16.8 Å². The van der Waals surface area contributed by atoms with Crippen molar-refractivity contribution in [3.8, 4) is 11.4 Å². The maximum absolute atomic E-state index is 12.5. The molecule has 0 aliphatic rings. The Hall–Kier alpha value is -4.72. The highest BCUT2D eigenvalue weighted by Gasteiger charge is 2.21. The summed E-state index contributed by atoms with van der Waals surface area (Å²) in [4.78, 5) is 37.3. The van der Waals surface area contributed by atoms with Crippen molar-refractivity contribution >= 4 is 23.3 Å². The zero-order chi connectivity index (χ0) is 23.9. The summed E-state index contributed by atoms with van der Waals surface area (Å²) < 4.78 is 11.9. The number of nitrogens with one attached hydrogen (secondary N) is 1. The molecule has 4 rings (SSSR count). The molecule has 1 aromatic heterocycles. The van der Waals surface area contributed by atoms with Crippen LogP contribution >= 0.6 is 0 Å². The van der Waals surface area contributed by atoms with Gasteiger partial charge in [0.05, 0.1) is 19.0 Å². The first kappa shape index (κ1) is 22.5. The second kappa shape index (κ2) is 10.3. The van der Waals surface area contributed by atoms with E-state index in [9.17, 15) is 14.4 Å². The molecule has 8 nitrogen and oxygen atoms in total. The monoisotopic (exact) mass is 455 g/mol. The SMILES string of the molecule is COc1cn(-c2ccccc2)nc1C(=O)OCC(=O)c1ccc(NC(=O)c2ccccc2)cc1. The number of rotatable bonds is 8. The number of ketones is 1. The van der Waals surface area contributed by atoms with Crippen molar-refractivity contribution < 1.29 is 23.9 Å². The number of methoxy groups -OCH3 is 1. The number of hydrogen-bond donors (Lipinski definition) is 1. The third-order valence-corrected chi connectivity index (χ3v) is 4.95. The van der Waals surface area contributed by atoms with Crippen molar-refractivity contribution in [3.63, 3.8) is 0 Å². The number of carbonyl (C=O) groups is 3. The predicted molar refractivity (Wildman–Crippen MR) is 126 cm³/mol. The van der Waals surface area contributed by atoms with Crippen LogP contribution in [-0.2, 0) is 4.74 Å². The Bertz CT molecular complexity index is 1300. The number of anilines is 1. The largest absolute Gasteiger partial charge is 0.493 e. The normalized spacial score (nSPS) is 10.4. The van der Waals surface area contributed by atoms with Crippen LogP contribution in [0, 0.1) is 0 Å². The van der Waals surface area contributed by atoms with E-state index >= 15 is 0 Å². The van der Waals surface area contributed by atoms with Crippen LogP contribution < -0.4 is 10.1 Å². The number of esters is 1. The molecule has 0 fully saturated rings. The quantitative estimate of drug-likeness (QED) is 0.316. The molecule has 1 amide bonds. The van der Waals surface area contributed by atoms with Crippen LogP contribution in [0.3, 0.4) is 0 Å². The average molecular weight is 455 g/mol. The minimum absolute atomic E-state index is 0.0295. The summed E-state index contributed by atoms with van der Waals surface area (Å²) in [6, 6.07) is 24.4. The second-order valence-electron chi connectivity index (χ2n) is 7.22. The third kappa shape index (κ3) is 5.18. The van der Waals surface area contributed by atoms with Gasteiger partial charge in [-0.15, -0.1) is 0 Å². The lowest BCUT2D eigenvalue weighted by Crippen LogP contribution is -2.16. The number of aromatic nitrogens is 2. The summed E-state index contributed by atoms with van der Waals surface area (Å²) >= 11 is 0. The van der Waals surface area contributed by atoms with Crippen molar-refractivity contribution in [2.75, 3.05) is 19.0 Å². The Morgan fingerprint density at radius 3 is 2.15 bits per heavy atom. The number of carbonyl (C=O) groups excluding carboxylic acids is 3. The fourth-order valence-electron chi connectivity index (χ4n) is 3.18. The smallest absolute Gasteiger partial charge is 0.363 e. The van der Waals surface area contributed by atoms with E-state index in [2.05, 4.69) is 10.4 Å². The van der Waals surface area contributed by atoms with Gasteiger partial charge >= 0.3 is 5.97 Å². The molecule has 1 heterocycles. The van der Waals surface area contributed by atoms with Crippen LogP contribution in [0.15, 0.2) is 91.1 Å². The van der Waals surface area contributed by atoms with Crippen molar-refractivity contribution in [3.05, 3.63) is 108 Å². The zero-order valence-corrected chi connectivity index (χ0v) is 18.3. The molecule has 34 heavy (non-hydrogen) atoms. The molecule has 0 bridgehead atoms. The van der Waals surface area contributed by atoms with Gasteiger partial charge in [-0.05, 0) is 48.5 Å². The van der Waals surface area contributed by atoms with Gasteiger partial charge in [0.2, 0.25) is 5.69 Å². The maximum Gasteiger partial charge on any atom is 0.363 e. The molecule has 0 radical (unpaired) electrons. The molecule has 8 heteroatoms. The topological polar surface area (TPSA) is 99.5 Å². The molecule has 170 valence electrons. The highest BCUT2D eigenvalue weighted by Crippen LogP contribution is 2.20. The number of nitrogens with zero attached hydrogens (tertiary/aromatic N) is 2. The zero-order valence-electron chi connectivity index (χ0n) is 18.3. The Morgan fingerprint density at radius 1 is 0.853 bits per heavy atom. The number of hydrogen-bond acceptors (Lipinski definition) is 6. The average Bonchev–Trinajstić information content (AvgIpc) is 3.33. The molecule has 0 unspecified atom stereocenters. The lowest BCUT2D eigenvalue weighted by atomic mass is 10.1. The second-order valence-corrected chi connectivity index (χ2v) is 7.22. The minimum atomic E-state index is -0.772. The van der Waals surface area contributed by atoms with Gasteiger partial charge in [0.1, 0.15) is 0 Å². The van der Waals surface area contributed by atoms with E-state index in [1.165, 1.54) is 11.8 Å². The highest BCUT2D eigenvalue weighted by atomic mass is 16.5. The lowest BCUT2D eigenvalue weighted by molar-refractivity contribution is 0.0465. The molecular formula is C26H21N3O5. The van der Waals surface area contributed by atoms with Gasteiger partial charge in [-0.2, -0.15) is 5.10 Å². The van der Waals surface area contributed by atoms with Crippen LogP contribution in [0.25, 0.3) is 5.69 Å². The van der Waals surface area contributed by atoms with Gasteiger partial charge in [-0.1, -0.05) is 36.4 Å². The summed E-state index contributed by atoms with van der Waals surface area (Å²) in [7, 11) is 1.42. The lowest BCUT2D eigenvalue weighted by Gasteiger charge is -2.07. The van der Waals surface area contributed by atoms with Crippen molar-refractivity contribution in [2.24, 2.45) is 0 Å². The summed E-state index contributed by atoms with van der Waals surface area (Å²) in [6.07, 6.45) is 1.57. The van der Waals surface area contributed by atoms with E-state index in [0.717, 1.165) is 5.69 Å². The first-order chi connectivity index (χ1) is 16.5. The maximum atomic E-state index is 12.5. The molecule has 1 N–H and O–H groups in total. The first-order valence-corrected chi connectivity index (χ1v) is 10.4. The van der Waals surface area contributed by atoms with E-state index in [1.807, 2.05) is 36.4 Å². The number of benzene rings is 3. The van der Waals surface area contributed by atoms with Crippen molar-refractivity contribution in [2.45, 2.75) is 0 Å². The standard InChI is InChI=1S/C26H21N3O5/c1-33-23-16-29(21-10-6-3-7-11-21)28-24(23)26(32)34-17-22(30)18-12-14-20(15-13-18)27-25(31)19-8-4-2-5-9-19/h2-16H,17H2,1H3,(H,27,31). The molecular weight excluding hydrogens is 434 g/mol. The molecule has 0 saturated heterocycles. The minimum Gasteiger partial charge on any atom is -0.493 e. The van der Waals surface area contributed by atoms with Crippen LogP contribution in [0.1, 0.15) is 31.2 Å². The number of para-hydroxylation sites is 1. The van der Waals surface area contributed by atoms with Gasteiger partial charge < -0.3 is 14.8 Å². The van der Waals surface area contributed by atoms with Crippen molar-refractivity contribution in [1.29, 1.82) is 0 Å². The molecule has 0 aliphatic heterocycles. The molecule has 0 saturated carbocycles. The molecule has 0 aliphatic carbocycles. The van der Waals surface area contributed by atoms with E-state index < -0.39 is 18.4 Å². The summed E-state index contributed by atoms with van der Waals surface area (Å²) in [5, 5.41) is 7.00. The van der Waals surface area contributed by atoms with Crippen LogP contribution in [0.2, 0.25) is 0 Å².